The molecule has 5 aliphatic carbocycles. The molecule has 13 rings (SSSR count). The molecule has 4 saturated carbocycles. The first-order valence-corrected chi connectivity index (χ1v) is 18.7. The third-order valence-corrected chi connectivity index (χ3v) is 13.2. The molecule has 51 heavy (non-hydrogen) atoms. The summed E-state index contributed by atoms with van der Waals surface area (Å²) in [5.74, 6) is 5.25. The van der Waals surface area contributed by atoms with E-state index < -0.39 is 0 Å². The van der Waals surface area contributed by atoms with Crippen LogP contribution in [0.2, 0.25) is 0 Å². The summed E-state index contributed by atoms with van der Waals surface area (Å²) in [5.41, 5.74) is 10.3. The van der Waals surface area contributed by atoms with E-state index in [1.54, 1.807) is 11.1 Å². The Kier molecular flexibility index (Phi) is 5.64. The highest BCUT2D eigenvalue weighted by molar-refractivity contribution is 6.15. The highest BCUT2D eigenvalue weighted by atomic mass is 15.2. The second kappa shape index (κ2) is 10.2. The Hall–Kier alpha value is -5.61. The molecule has 2 heterocycles. The lowest BCUT2D eigenvalue weighted by Gasteiger charge is -2.61. The van der Waals surface area contributed by atoms with Crippen molar-refractivity contribution < 1.29 is 0 Å². The fourth-order valence-electron chi connectivity index (χ4n) is 11.5. The second-order valence-electron chi connectivity index (χ2n) is 15.7. The summed E-state index contributed by atoms with van der Waals surface area (Å²) >= 11 is 0. The Labute approximate surface area is 296 Å². The molecule has 4 bridgehead atoms. The summed E-state index contributed by atoms with van der Waals surface area (Å²) in [6.45, 7) is 0. The molecular weight excluding hydrogens is 621 g/mol. The van der Waals surface area contributed by atoms with Gasteiger partial charge in [-0.3, -0.25) is 4.57 Å². The van der Waals surface area contributed by atoms with E-state index in [0.29, 0.717) is 29.4 Å². The van der Waals surface area contributed by atoms with Crippen LogP contribution in [0.5, 0.6) is 0 Å². The van der Waals surface area contributed by atoms with Gasteiger partial charge in [-0.05, 0) is 113 Å². The van der Waals surface area contributed by atoms with Crippen molar-refractivity contribution in [1.29, 1.82) is 0 Å². The number of benzene rings is 6. The van der Waals surface area contributed by atoms with E-state index in [1.807, 2.05) is 36.4 Å². The minimum atomic E-state index is 0.104. The molecule has 4 fully saturated rings. The van der Waals surface area contributed by atoms with Crippen LogP contribution in [-0.4, -0.2) is 19.5 Å². The van der Waals surface area contributed by atoms with Gasteiger partial charge in [0.15, 0.2) is 11.6 Å². The van der Waals surface area contributed by atoms with Crippen LogP contribution in [0, 0.1) is 23.7 Å². The van der Waals surface area contributed by atoms with E-state index in [0.717, 1.165) is 34.0 Å². The van der Waals surface area contributed by atoms with Crippen molar-refractivity contribution in [2.75, 3.05) is 0 Å². The van der Waals surface area contributed by atoms with Crippen molar-refractivity contribution in [2.45, 2.75) is 37.5 Å². The predicted octanol–water partition coefficient (Wildman–Crippen LogP) is 11.2. The van der Waals surface area contributed by atoms with Crippen LogP contribution in [0.4, 0.5) is 0 Å². The van der Waals surface area contributed by atoms with Crippen molar-refractivity contribution in [3.63, 3.8) is 0 Å². The number of aromatic nitrogens is 4. The topological polar surface area (TPSA) is 43.6 Å². The monoisotopic (exact) mass is 656 g/mol. The van der Waals surface area contributed by atoms with Gasteiger partial charge >= 0.3 is 0 Å². The van der Waals surface area contributed by atoms with Crippen LogP contribution in [0.1, 0.15) is 43.2 Å². The molecule has 8 aromatic rings. The Morgan fingerprint density at radius 2 is 1.02 bits per heavy atom. The van der Waals surface area contributed by atoms with Crippen LogP contribution in [0.25, 0.3) is 72.4 Å². The molecule has 0 unspecified atom stereocenters. The molecule has 0 atom stereocenters. The standard InChI is InChI=1S/C47H36N4/c1-3-11-30(12-4-1)44-48-45(31-13-5-2-6-14-31)50-46(49-44)51-42-25-33-16-8-7-15-32(33)24-38(42)39-26-41-37(27-43(39)51)36-17-9-10-18-40(36)47(41)34-20-28-19-29(22-34)23-35(47)21-28/h1-18,24-29,34-35H,19-23H2. The van der Waals surface area contributed by atoms with Gasteiger partial charge in [0.1, 0.15) is 0 Å². The lowest BCUT2D eigenvalue weighted by atomic mass is 9.43. The SMILES string of the molecule is c1ccc(-c2nc(-c3ccccc3)nc(-n3c4cc5c(cc4c4cc6ccccc6cc43)C3(c4ccccc4-5)C4CC5CC(C4)CC3C5)n2)cc1. The molecule has 4 heteroatoms. The minimum absolute atomic E-state index is 0.104. The maximum Gasteiger partial charge on any atom is 0.238 e. The largest absolute Gasteiger partial charge is 0.278 e. The molecule has 244 valence electrons. The molecule has 5 aliphatic rings. The molecule has 0 radical (unpaired) electrons. The molecular formula is C47H36N4. The van der Waals surface area contributed by atoms with Gasteiger partial charge in [-0.2, -0.15) is 9.97 Å². The van der Waals surface area contributed by atoms with E-state index in [2.05, 4.69) is 102 Å². The fraction of sp³-hybridized carbons (Fsp3) is 0.213. The van der Waals surface area contributed by atoms with Crippen molar-refractivity contribution in [3.05, 3.63) is 145 Å². The molecule has 0 aliphatic heterocycles. The average Bonchev–Trinajstić information content (AvgIpc) is 3.64. The number of hydrogen-bond acceptors (Lipinski definition) is 3. The quantitative estimate of drug-likeness (QED) is 0.190. The first kappa shape index (κ1) is 28.1. The molecule has 0 amide bonds. The van der Waals surface area contributed by atoms with Gasteiger partial charge < -0.3 is 0 Å². The molecule has 2 aromatic heterocycles. The zero-order valence-electron chi connectivity index (χ0n) is 28.3. The number of fused-ring (bicyclic) bond motifs is 7. The van der Waals surface area contributed by atoms with Crippen LogP contribution < -0.4 is 0 Å². The van der Waals surface area contributed by atoms with Crippen molar-refractivity contribution >= 4 is 32.6 Å². The van der Waals surface area contributed by atoms with Gasteiger partial charge in [0.2, 0.25) is 5.95 Å². The van der Waals surface area contributed by atoms with E-state index in [1.165, 1.54) is 64.8 Å². The van der Waals surface area contributed by atoms with Crippen LogP contribution in [0.3, 0.4) is 0 Å². The van der Waals surface area contributed by atoms with Crippen molar-refractivity contribution in [3.8, 4) is 39.9 Å². The maximum absolute atomic E-state index is 5.27. The Morgan fingerprint density at radius 3 is 1.69 bits per heavy atom. The summed E-state index contributed by atoms with van der Waals surface area (Å²) in [4.78, 5) is 15.6. The first-order chi connectivity index (χ1) is 25.2. The third-order valence-electron chi connectivity index (χ3n) is 13.2. The van der Waals surface area contributed by atoms with Gasteiger partial charge in [0, 0.05) is 27.3 Å². The zero-order chi connectivity index (χ0) is 33.3. The Bertz CT molecular complexity index is 2620. The molecule has 6 aromatic carbocycles. The molecule has 4 nitrogen and oxygen atoms in total. The average molecular weight is 657 g/mol. The van der Waals surface area contributed by atoms with Crippen molar-refractivity contribution in [2.24, 2.45) is 23.7 Å². The Balaban J connectivity index is 1.19. The summed E-state index contributed by atoms with van der Waals surface area (Å²) < 4.78 is 2.32. The van der Waals surface area contributed by atoms with E-state index in [9.17, 15) is 0 Å². The predicted molar refractivity (Wildman–Crippen MR) is 206 cm³/mol. The van der Waals surface area contributed by atoms with Gasteiger partial charge in [-0.25, -0.2) is 4.98 Å². The normalized spacial score (nSPS) is 24.2. The molecule has 0 saturated heterocycles. The van der Waals surface area contributed by atoms with Gasteiger partial charge in [-0.1, -0.05) is 109 Å². The maximum atomic E-state index is 5.27. The number of rotatable bonds is 3. The lowest BCUT2D eigenvalue weighted by molar-refractivity contribution is -0.0399. The van der Waals surface area contributed by atoms with Gasteiger partial charge in [0.05, 0.1) is 11.0 Å². The molecule has 0 N–H and O–H groups in total. The minimum Gasteiger partial charge on any atom is -0.278 e. The summed E-state index contributed by atoms with van der Waals surface area (Å²) in [5, 5.41) is 5.01. The lowest BCUT2D eigenvalue weighted by Crippen LogP contribution is -2.55. The zero-order valence-corrected chi connectivity index (χ0v) is 28.3. The van der Waals surface area contributed by atoms with Crippen LogP contribution in [0.15, 0.2) is 133 Å². The number of nitrogens with zero attached hydrogens (tertiary/aromatic N) is 4. The fourth-order valence-corrected chi connectivity index (χ4v) is 11.5. The highest BCUT2D eigenvalue weighted by Crippen LogP contribution is 2.69. The van der Waals surface area contributed by atoms with Gasteiger partial charge in [-0.15, -0.1) is 0 Å². The highest BCUT2D eigenvalue weighted by Gasteiger charge is 2.61. The van der Waals surface area contributed by atoms with Crippen LogP contribution >= 0.6 is 0 Å². The van der Waals surface area contributed by atoms with Crippen molar-refractivity contribution in [1.82, 2.24) is 19.5 Å². The van der Waals surface area contributed by atoms with E-state index in [-0.39, 0.29) is 5.41 Å². The van der Waals surface area contributed by atoms with E-state index in [4.69, 9.17) is 15.0 Å². The molecule has 1 spiro atoms. The summed E-state index contributed by atoms with van der Waals surface area (Å²) in [6.07, 6.45) is 6.96. The number of hydrogen-bond donors (Lipinski definition) is 0. The second-order valence-corrected chi connectivity index (χ2v) is 15.7. The summed E-state index contributed by atoms with van der Waals surface area (Å²) in [6, 6.07) is 48.6. The van der Waals surface area contributed by atoms with E-state index >= 15 is 0 Å². The van der Waals surface area contributed by atoms with Gasteiger partial charge in [0.25, 0.3) is 0 Å². The smallest absolute Gasteiger partial charge is 0.238 e. The third kappa shape index (κ3) is 3.83. The Morgan fingerprint density at radius 1 is 0.471 bits per heavy atom. The van der Waals surface area contributed by atoms with Crippen LogP contribution in [-0.2, 0) is 5.41 Å². The summed E-state index contributed by atoms with van der Waals surface area (Å²) in [7, 11) is 0. The first-order valence-electron chi connectivity index (χ1n) is 18.7.